The summed E-state index contributed by atoms with van der Waals surface area (Å²) >= 11 is 0. The molecule has 2 heteroatoms. The van der Waals surface area contributed by atoms with E-state index in [4.69, 9.17) is 4.74 Å². The van der Waals surface area contributed by atoms with Crippen molar-refractivity contribution < 1.29 is 4.74 Å². The third-order valence-corrected chi connectivity index (χ3v) is 4.53. The Hall–Kier alpha value is -1.02. The van der Waals surface area contributed by atoms with Crippen LogP contribution in [0.1, 0.15) is 65.5 Å². The van der Waals surface area contributed by atoms with E-state index >= 15 is 0 Å². The fourth-order valence-electron chi connectivity index (χ4n) is 2.98. The largest absolute Gasteiger partial charge is 0.493 e. The van der Waals surface area contributed by atoms with Gasteiger partial charge in [0.1, 0.15) is 5.75 Å². The molecule has 1 aromatic rings. The maximum Gasteiger partial charge on any atom is 0.123 e. The minimum atomic E-state index is 0.0986. The quantitative estimate of drug-likeness (QED) is 0.877. The summed E-state index contributed by atoms with van der Waals surface area (Å²) in [6.45, 7) is 16.7. The second-order valence-electron chi connectivity index (χ2n) is 8.73. The van der Waals surface area contributed by atoms with Crippen LogP contribution in [0.2, 0.25) is 0 Å². The van der Waals surface area contributed by atoms with Gasteiger partial charge < -0.3 is 10.1 Å². The van der Waals surface area contributed by atoms with E-state index in [2.05, 4.69) is 65.1 Å². The maximum atomic E-state index is 6.23. The smallest absolute Gasteiger partial charge is 0.123 e. The van der Waals surface area contributed by atoms with Gasteiger partial charge in [0.05, 0.1) is 6.61 Å². The number of hydrogen-bond donors (Lipinski definition) is 1. The first-order valence-corrected chi connectivity index (χ1v) is 8.66. The van der Waals surface area contributed by atoms with Crippen molar-refractivity contribution in [1.29, 1.82) is 0 Å². The Balaban J connectivity index is 2.18. The van der Waals surface area contributed by atoms with Crippen molar-refractivity contribution >= 4 is 0 Å². The highest BCUT2D eigenvalue weighted by Gasteiger charge is 2.23. The van der Waals surface area contributed by atoms with Gasteiger partial charge in [0.2, 0.25) is 0 Å². The second kappa shape index (κ2) is 6.62. The van der Waals surface area contributed by atoms with Gasteiger partial charge in [-0.25, -0.2) is 0 Å². The van der Waals surface area contributed by atoms with Gasteiger partial charge in [-0.3, -0.25) is 0 Å². The Bertz CT molecular complexity index is 487. The Morgan fingerprint density at radius 3 is 2.36 bits per heavy atom. The highest BCUT2D eigenvalue weighted by molar-refractivity contribution is 5.43. The first kappa shape index (κ1) is 17.3. The van der Waals surface area contributed by atoms with Crippen LogP contribution < -0.4 is 10.1 Å². The van der Waals surface area contributed by atoms with Gasteiger partial charge in [0, 0.05) is 12.5 Å². The van der Waals surface area contributed by atoms with Gasteiger partial charge in [-0.1, -0.05) is 53.7 Å². The summed E-state index contributed by atoms with van der Waals surface area (Å²) < 4.78 is 6.23. The van der Waals surface area contributed by atoms with Crippen molar-refractivity contribution in [2.75, 3.05) is 19.7 Å². The summed E-state index contributed by atoms with van der Waals surface area (Å²) in [6, 6.07) is 6.75. The fourth-order valence-corrected chi connectivity index (χ4v) is 2.98. The zero-order chi connectivity index (χ0) is 16.4. The Labute approximate surface area is 136 Å². The molecule has 1 N–H and O–H groups in total. The first-order chi connectivity index (χ1) is 10.2. The van der Waals surface area contributed by atoms with Crippen LogP contribution in [0, 0.1) is 5.92 Å². The molecule has 124 valence electrons. The van der Waals surface area contributed by atoms with Gasteiger partial charge >= 0.3 is 0 Å². The SMILES string of the molecule is CC(C)(C)c1ccc(OCC2CCCNC2)c(C(C)(C)C)c1. The zero-order valence-corrected chi connectivity index (χ0v) is 15.3. The van der Waals surface area contributed by atoms with Crippen molar-refractivity contribution in [3.63, 3.8) is 0 Å². The van der Waals surface area contributed by atoms with E-state index in [0.717, 1.165) is 25.4 Å². The number of nitrogens with one attached hydrogen (secondary N) is 1. The van der Waals surface area contributed by atoms with Crippen molar-refractivity contribution in [3.8, 4) is 5.75 Å². The molecule has 1 aliphatic heterocycles. The molecule has 1 aromatic carbocycles. The lowest BCUT2D eigenvalue weighted by Crippen LogP contribution is -2.33. The van der Waals surface area contributed by atoms with Crippen LogP contribution >= 0.6 is 0 Å². The molecule has 0 radical (unpaired) electrons. The van der Waals surface area contributed by atoms with E-state index in [1.807, 2.05) is 0 Å². The highest BCUT2D eigenvalue weighted by atomic mass is 16.5. The van der Waals surface area contributed by atoms with E-state index in [-0.39, 0.29) is 10.8 Å². The van der Waals surface area contributed by atoms with Gasteiger partial charge in [0.15, 0.2) is 0 Å². The van der Waals surface area contributed by atoms with Crippen LogP contribution in [0.15, 0.2) is 18.2 Å². The third kappa shape index (κ3) is 4.49. The normalized spacial score (nSPS) is 20.0. The molecule has 0 bridgehead atoms. The van der Waals surface area contributed by atoms with Crippen LogP contribution in [-0.2, 0) is 10.8 Å². The predicted octanol–water partition coefficient (Wildman–Crippen LogP) is 4.66. The summed E-state index contributed by atoms with van der Waals surface area (Å²) in [6.07, 6.45) is 2.54. The molecule has 1 fully saturated rings. The molecule has 1 atom stereocenters. The topological polar surface area (TPSA) is 21.3 Å². The lowest BCUT2D eigenvalue weighted by atomic mass is 9.80. The zero-order valence-electron chi connectivity index (χ0n) is 15.3. The number of ether oxygens (including phenoxy) is 1. The van der Waals surface area contributed by atoms with Crippen molar-refractivity contribution in [2.24, 2.45) is 5.92 Å². The molecule has 22 heavy (non-hydrogen) atoms. The second-order valence-corrected chi connectivity index (χ2v) is 8.73. The molecule has 1 unspecified atom stereocenters. The Morgan fingerprint density at radius 2 is 1.82 bits per heavy atom. The summed E-state index contributed by atoms with van der Waals surface area (Å²) in [5.41, 5.74) is 2.97. The summed E-state index contributed by atoms with van der Waals surface area (Å²) in [5.74, 6) is 1.70. The highest BCUT2D eigenvalue weighted by Crippen LogP contribution is 2.35. The molecule has 0 amide bonds. The van der Waals surface area contributed by atoms with Crippen molar-refractivity contribution in [2.45, 2.75) is 65.2 Å². The average molecular weight is 303 g/mol. The van der Waals surface area contributed by atoms with Crippen LogP contribution in [0.4, 0.5) is 0 Å². The lowest BCUT2D eigenvalue weighted by molar-refractivity contribution is 0.215. The van der Waals surface area contributed by atoms with Crippen LogP contribution in [0.5, 0.6) is 5.75 Å². The molecule has 0 aliphatic carbocycles. The molecule has 1 heterocycles. The molecule has 1 aliphatic rings. The van der Waals surface area contributed by atoms with E-state index in [1.54, 1.807) is 0 Å². The predicted molar refractivity (Wildman–Crippen MR) is 94.9 cm³/mol. The van der Waals surface area contributed by atoms with Crippen LogP contribution in [0.25, 0.3) is 0 Å². The summed E-state index contributed by atoms with van der Waals surface area (Å²) in [5, 5.41) is 3.46. The maximum absolute atomic E-state index is 6.23. The van der Waals surface area contributed by atoms with Crippen LogP contribution in [0.3, 0.4) is 0 Å². The number of rotatable bonds is 3. The van der Waals surface area contributed by atoms with Gasteiger partial charge in [-0.05, 0) is 47.4 Å². The molecule has 2 rings (SSSR count). The number of benzene rings is 1. The minimum Gasteiger partial charge on any atom is -0.493 e. The summed E-state index contributed by atoms with van der Waals surface area (Å²) in [7, 11) is 0. The molecule has 0 aromatic heterocycles. The van der Waals surface area contributed by atoms with E-state index < -0.39 is 0 Å². The monoisotopic (exact) mass is 303 g/mol. The fraction of sp³-hybridized carbons (Fsp3) is 0.700. The van der Waals surface area contributed by atoms with E-state index in [9.17, 15) is 0 Å². The van der Waals surface area contributed by atoms with E-state index in [0.29, 0.717) is 5.92 Å². The average Bonchev–Trinajstić information content (AvgIpc) is 2.44. The molecular weight excluding hydrogens is 270 g/mol. The molecule has 0 spiro atoms. The summed E-state index contributed by atoms with van der Waals surface area (Å²) in [4.78, 5) is 0. The van der Waals surface area contributed by atoms with Crippen molar-refractivity contribution in [3.05, 3.63) is 29.3 Å². The number of piperidine rings is 1. The van der Waals surface area contributed by atoms with Crippen LogP contribution in [-0.4, -0.2) is 19.7 Å². The van der Waals surface area contributed by atoms with Gasteiger partial charge in [-0.2, -0.15) is 0 Å². The Morgan fingerprint density at radius 1 is 1.09 bits per heavy atom. The van der Waals surface area contributed by atoms with Gasteiger partial charge in [0.25, 0.3) is 0 Å². The Kier molecular flexibility index (Phi) is 5.21. The minimum absolute atomic E-state index is 0.0986. The standard InChI is InChI=1S/C20H33NO/c1-19(2,3)16-9-10-18(17(12-16)20(4,5)6)22-14-15-8-7-11-21-13-15/h9-10,12,15,21H,7-8,11,13-14H2,1-6H3. The molecule has 1 saturated heterocycles. The lowest BCUT2D eigenvalue weighted by Gasteiger charge is -2.29. The molecular formula is C20H33NO. The van der Waals surface area contributed by atoms with E-state index in [1.165, 1.54) is 24.0 Å². The van der Waals surface area contributed by atoms with Gasteiger partial charge in [-0.15, -0.1) is 0 Å². The third-order valence-electron chi connectivity index (χ3n) is 4.53. The molecule has 2 nitrogen and oxygen atoms in total. The number of hydrogen-bond acceptors (Lipinski definition) is 2. The molecule has 0 saturated carbocycles. The van der Waals surface area contributed by atoms with Crippen molar-refractivity contribution in [1.82, 2.24) is 5.32 Å². The first-order valence-electron chi connectivity index (χ1n) is 8.66.